The number of amides is 1. The second-order valence-corrected chi connectivity index (χ2v) is 10.4. The standard InChI is InChI=1S/C22H17F6N3O5S/c1-20(2,37(33,34)16-5-3-4-14(10-16)36-22(26,27)28)19(32)31-13-6-9-18(30-11-13)35-15-7-8-17(29-12-15)21(23,24)25/h3-12H,1-2H3,(H,31,32). The summed E-state index contributed by atoms with van der Waals surface area (Å²) in [6.07, 6.45) is -7.70. The van der Waals surface area contributed by atoms with Crippen LogP contribution in [0.15, 0.2) is 65.8 Å². The van der Waals surface area contributed by atoms with Crippen LogP contribution in [0.1, 0.15) is 19.5 Å². The summed E-state index contributed by atoms with van der Waals surface area (Å²) in [5.74, 6) is -1.89. The number of benzene rings is 1. The van der Waals surface area contributed by atoms with E-state index in [-0.39, 0.29) is 17.3 Å². The van der Waals surface area contributed by atoms with E-state index in [1.165, 1.54) is 12.1 Å². The van der Waals surface area contributed by atoms with Crippen molar-refractivity contribution in [1.82, 2.24) is 9.97 Å². The third-order valence-electron chi connectivity index (χ3n) is 4.81. The van der Waals surface area contributed by atoms with Gasteiger partial charge in [-0.15, -0.1) is 13.2 Å². The van der Waals surface area contributed by atoms with Crippen LogP contribution in [-0.4, -0.2) is 35.4 Å². The minimum atomic E-state index is -5.04. The van der Waals surface area contributed by atoms with Crippen molar-refractivity contribution in [2.24, 2.45) is 0 Å². The van der Waals surface area contributed by atoms with Gasteiger partial charge in [0, 0.05) is 6.07 Å². The zero-order chi connectivity index (χ0) is 27.6. The molecule has 0 fully saturated rings. The minimum Gasteiger partial charge on any atom is -0.437 e. The summed E-state index contributed by atoms with van der Waals surface area (Å²) in [5, 5.41) is 2.34. The summed E-state index contributed by atoms with van der Waals surface area (Å²) in [6.45, 7) is 2.13. The lowest BCUT2D eigenvalue weighted by atomic mass is 10.2. The Hall–Kier alpha value is -3.88. The van der Waals surface area contributed by atoms with Crippen LogP contribution in [0.4, 0.5) is 32.0 Å². The number of hydrogen-bond donors (Lipinski definition) is 1. The van der Waals surface area contributed by atoms with Crippen LogP contribution in [0.3, 0.4) is 0 Å². The highest BCUT2D eigenvalue weighted by molar-refractivity contribution is 7.93. The SMILES string of the molecule is CC(C)(C(=O)Nc1ccc(Oc2ccc(C(F)(F)F)nc2)nc1)S(=O)(=O)c1cccc(OC(F)(F)F)c1. The molecule has 1 amide bonds. The van der Waals surface area contributed by atoms with Gasteiger partial charge in [-0.25, -0.2) is 18.4 Å². The molecule has 3 aromatic rings. The Balaban J connectivity index is 1.71. The lowest BCUT2D eigenvalue weighted by molar-refractivity contribution is -0.274. The van der Waals surface area contributed by atoms with Crippen molar-refractivity contribution in [1.29, 1.82) is 0 Å². The highest BCUT2D eigenvalue weighted by atomic mass is 32.2. The van der Waals surface area contributed by atoms with Crippen molar-refractivity contribution < 1.29 is 49.0 Å². The molecular weight excluding hydrogens is 532 g/mol. The molecule has 3 rings (SSSR count). The summed E-state index contributed by atoms with van der Waals surface area (Å²) in [6, 6.07) is 7.93. The number of pyridine rings is 2. The molecule has 0 unspecified atom stereocenters. The minimum absolute atomic E-state index is 0.0405. The van der Waals surface area contributed by atoms with Gasteiger partial charge in [0.2, 0.25) is 11.8 Å². The van der Waals surface area contributed by atoms with E-state index in [1.807, 2.05) is 0 Å². The van der Waals surface area contributed by atoms with Crippen LogP contribution in [0.5, 0.6) is 17.4 Å². The van der Waals surface area contributed by atoms with Crippen molar-refractivity contribution in [3.05, 3.63) is 66.6 Å². The van der Waals surface area contributed by atoms with E-state index in [0.717, 1.165) is 56.6 Å². The summed E-state index contributed by atoms with van der Waals surface area (Å²) in [5.41, 5.74) is -1.07. The first-order valence-electron chi connectivity index (χ1n) is 10.1. The molecule has 1 aromatic carbocycles. The van der Waals surface area contributed by atoms with E-state index in [1.54, 1.807) is 0 Å². The molecule has 0 aliphatic carbocycles. The summed E-state index contributed by atoms with van der Waals surface area (Å²) in [7, 11) is -4.49. The van der Waals surface area contributed by atoms with Crippen LogP contribution in [0, 0.1) is 0 Å². The van der Waals surface area contributed by atoms with Crippen LogP contribution in [-0.2, 0) is 20.8 Å². The van der Waals surface area contributed by atoms with Gasteiger partial charge in [-0.1, -0.05) is 6.07 Å². The predicted molar refractivity (Wildman–Crippen MR) is 117 cm³/mol. The fraction of sp³-hybridized carbons (Fsp3) is 0.227. The van der Waals surface area contributed by atoms with E-state index >= 15 is 0 Å². The Morgan fingerprint density at radius 1 is 0.892 bits per heavy atom. The molecule has 2 heterocycles. The number of sulfone groups is 1. The molecule has 0 saturated carbocycles. The number of nitrogens with zero attached hydrogens (tertiary/aromatic N) is 2. The maximum atomic E-state index is 13.0. The molecule has 0 aliphatic rings. The predicted octanol–water partition coefficient (Wildman–Crippen LogP) is 5.38. The first kappa shape index (κ1) is 27.7. The zero-order valence-corrected chi connectivity index (χ0v) is 19.7. The second-order valence-electron chi connectivity index (χ2n) is 7.85. The number of carbonyl (C=O) groups excluding carboxylic acids is 1. The van der Waals surface area contributed by atoms with E-state index in [9.17, 15) is 39.6 Å². The van der Waals surface area contributed by atoms with Gasteiger partial charge in [0.05, 0.1) is 23.0 Å². The average Bonchev–Trinajstić information content (AvgIpc) is 2.79. The number of carbonyl (C=O) groups is 1. The molecule has 0 atom stereocenters. The third kappa shape index (κ3) is 6.67. The summed E-state index contributed by atoms with van der Waals surface area (Å²) < 4.78 is 108. The van der Waals surface area contributed by atoms with Crippen LogP contribution in [0.25, 0.3) is 0 Å². The van der Waals surface area contributed by atoms with E-state index < -0.39 is 49.4 Å². The van der Waals surface area contributed by atoms with Gasteiger partial charge in [-0.05, 0) is 50.2 Å². The monoisotopic (exact) mass is 549 g/mol. The largest absolute Gasteiger partial charge is 0.573 e. The first-order valence-corrected chi connectivity index (χ1v) is 11.6. The highest BCUT2D eigenvalue weighted by Gasteiger charge is 2.43. The Bertz CT molecular complexity index is 1370. The number of nitrogens with one attached hydrogen (secondary N) is 1. The van der Waals surface area contributed by atoms with Gasteiger partial charge in [0.1, 0.15) is 21.9 Å². The van der Waals surface area contributed by atoms with Gasteiger partial charge in [-0.2, -0.15) is 13.2 Å². The average molecular weight is 549 g/mol. The zero-order valence-electron chi connectivity index (χ0n) is 18.9. The molecule has 0 radical (unpaired) electrons. The van der Waals surface area contributed by atoms with Gasteiger partial charge in [0.15, 0.2) is 9.84 Å². The van der Waals surface area contributed by atoms with Crippen molar-refractivity contribution in [2.75, 3.05) is 5.32 Å². The lowest BCUT2D eigenvalue weighted by Crippen LogP contribution is -2.44. The van der Waals surface area contributed by atoms with Gasteiger partial charge in [0.25, 0.3) is 0 Å². The van der Waals surface area contributed by atoms with Crippen molar-refractivity contribution >= 4 is 21.4 Å². The van der Waals surface area contributed by atoms with Crippen molar-refractivity contribution in [2.45, 2.75) is 36.0 Å². The van der Waals surface area contributed by atoms with E-state index in [0.29, 0.717) is 6.07 Å². The number of hydrogen-bond acceptors (Lipinski definition) is 7. The van der Waals surface area contributed by atoms with Crippen LogP contribution >= 0.6 is 0 Å². The van der Waals surface area contributed by atoms with Crippen molar-refractivity contribution in [3.63, 3.8) is 0 Å². The molecule has 0 saturated heterocycles. The highest BCUT2D eigenvalue weighted by Crippen LogP contribution is 2.32. The number of anilines is 1. The fourth-order valence-electron chi connectivity index (χ4n) is 2.78. The molecular formula is C22H17F6N3O5S. The molecule has 198 valence electrons. The Morgan fingerprint density at radius 3 is 2.14 bits per heavy atom. The second kappa shape index (κ2) is 9.88. The van der Waals surface area contributed by atoms with Crippen LogP contribution < -0.4 is 14.8 Å². The molecule has 0 aliphatic heterocycles. The third-order valence-corrected chi connectivity index (χ3v) is 7.22. The Morgan fingerprint density at radius 2 is 1.59 bits per heavy atom. The van der Waals surface area contributed by atoms with Crippen molar-refractivity contribution in [3.8, 4) is 17.4 Å². The topological polar surface area (TPSA) is 107 Å². The lowest BCUT2D eigenvalue weighted by Gasteiger charge is -2.24. The molecule has 0 spiro atoms. The molecule has 0 bridgehead atoms. The molecule has 8 nitrogen and oxygen atoms in total. The van der Waals surface area contributed by atoms with Gasteiger partial charge in [-0.3, -0.25) is 4.79 Å². The fourth-order valence-corrected chi connectivity index (χ4v) is 4.19. The Kier molecular flexibility index (Phi) is 7.40. The summed E-state index contributed by atoms with van der Waals surface area (Å²) in [4.78, 5) is 19.4. The number of alkyl halides is 6. The number of halogens is 6. The van der Waals surface area contributed by atoms with E-state index in [4.69, 9.17) is 4.74 Å². The Labute approximate surface area is 206 Å². The first-order chi connectivity index (χ1) is 17.0. The van der Waals surface area contributed by atoms with Crippen LogP contribution in [0.2, 0.25) is 0 Å². The smallest absolute Gasteiger partial charge is 0.437 e. The molecule has 2 aromatic heterocycles. The molecule has 1 N–H and O–H groups in total. The normalized spacial score (nSPS) is 12.6. The molecule has 15 heteroatoms. The van der Waals surface area contributed by atoms with Gasteiger partial charge < -0.3 is 14.8 Å². The number of rotatable bonds is 7. The maximum absolute atomic E-state index is 13.0. The van der Waals surface area contributed by atoms with E-state index in [2.05, 4.69) is 20.0 Å². The number of aromatic nitrogens is 2. The molecule has 37 heavy (non-hydrogen) atoms. The summed E-state index contributed by atoms with van der Waals surface area (Å²) >= 11 is 0. The van der Waals surface area contributed by atoms with Gasteiger partial charge >= 0.3 is 12.5 Å². The quantitative estimate of drug-likeness (QED) is 0.395. The number of ether oxygens (including phenoxy) is 2. The maximum Gasteiger partial charge on any atom is 0.573 e.